The summed E-state index contributed by atoms with van der Waals surface area (Å²) in [4.78, 5) is 2.09. The van der Waals surface area contributed by atoms with E-state index in [9.17, 15) is 0 Å². The SMILES string of the molecule is CC(C)CCOc1ccc(CN(C)CCO)cc1. The van der Waals surface area contributed by atoms with Crippen molar-refractivity contribution in [2.24, 2.45) is 5.92 Å². The van der Waals surface area contributed by atoms with E-state index in [4.69, 9.17) is 9.84 Å². The van der Waals surface area contributed by atoms with Crippen LogP contribution >= 0.6 is 0 Å². The molecule has 0 saturated heterocycles. The summed E-state index contributed by atoms with van der Waals surface area (Å²) in [5.41, 5.74) is 1.24. The number of hydrogen-bond donors (Lipinski definition) is 1. The molecule has 1 rings (SSSR count). The quantitative estimate of drug-likeness (QED) is 0.770. The third-order valence-electron chi connectivity index (χ3n) is 2.82. The summed E-state index contributed by atoms with van der Waals surface area (Å²) >= 11 is 0. The first-order valence-corrected chi connectivity index (χ1v) is 6.63. The number of ether oxygens (including phenoxy) is 1. The molecule has 0 saturated carbocycles. The number of likely N-dealkylation sites (N-methyl/N-ethyl adjacent to an activating group) is 1. The van der Waals surface area contributed by atoms with Gasteiger partial charge >= 0.3 is 0 Å². The average Bonchev–Trinajstić information content (AvgIpc) is 2.31. The van der Waals surface area contributed by atoms with Gasteiger partial charge in [-0.25, -0.2) is 0 Å². The molecule has 0 unspecified atom stereocenters. The summed E-state index contributed by atoms with van der Waals surface area (Å²) in [6.45, 7) is 6.93. The number of aliphatic hydroxyl groups excluding tert-OH is 1. The third-order valence-corrected chi connectivity index (χ3v) is 2.82. The molecule has 1 N–H and O–H groups in total. The van der Waals surface area contributed by atoms with Crippen molar-refractivity contribution in [3.05, 3.63) is 29.8 Å². The van der Waals surface area contributed by atoms with Crippen LogP contribution in [0.2, 0.25) is 0 Å². The summed E-state index contributed by atoms with van der Waals surface area (Å²) in [5, 5.41) is 8.84. The third kappa shape index (κ3) is 6.03. The van der Waals surface area contributed by atoms with E-state index in [1.807, 2.05) is 19.2 Å². The summed E-state index contributed by atoms with van der Waals surface area (Å²) in [6.07, 6.45) is 1.08. The minimum absolute atomic E-state index is 0.201. The van der Waals surface area contributed by atoms with E-state index >= 15 is 0 Å². The lowest BCUT2D eigenvalue weighted by atomic mass is 10.1. The van der Waals surface area contributed by atoms with Gasteiger partial charge in [0.25, 0.3) is 0 Å². The predicted molar refractivity (Wildman–Crippen MR) is 74.8 cm³/mol. The Morgan fingerprint density at radius 2 is 1.89 bits per heavy atom. The van der Waals surface area contributed by atoms with E-state index in [0.29, 0.717) is 12.5 Å². The number of hydrogen-bond acceptors (Lipinski definition) is 3. The second-order valence-corrected chi connectivity index (χ2v) is 5.14. The molecule has 0 heterocycles. The average molecular weight is 251 g/mol. The fraction of sp³-hybridized carbons (Fsp3) is 0.600. The van der Waals surface area contributed by atoms with Gasteiger partial charge in [-0.15, -0.1) is 0 Å². The fourth-order valence-electron chi connectivity index (χ4n) is 1.67. The van der Waals surface area contributed by atoms with Crippen LogP contribution < -0.4 is 4.74 Å². The zero-order valence-corrected chi connectivity index (χ0v) is 11.7. The zero-order chi connectivity index (χ0) is 13.4. The van der Waals surface area contributed by atoms with Gasteiger partial charge in [0.1, 0.15) is 5.75 Å². The van der Waals surface area contributed by atoms with Gasteiger partial charge in [0.2, 0.25) is 0 Å². The summed E-state index contributed by atoms with van der Waals surface area (Å²) in [7, 11) is 2.00. The van der Waals surface area contributed by atoms with Crippen molar-refractivity contribution in [1.82, 2.24) is 4.90 Å². The van der Waals surface area contributed by atoms with Gasteiger partial charge in [-0.2, -0.15) is 0 Å². The Bertz CT molecular complexity index is 322. The highest BCUT2D eigenvalue weighted by atomic mass is 16.5. The van der Waals surface area contributed by atoms with Crippen LogP contribution in [-0.4, -0.2) is 36.8 Å². The Balaban J connectivity index is 2.37. The lowest BCUT2D eigenvalue weighted by Crippen LogP contribution is -2.21. The van der Waals surface area contributed by atoms with Crippen molar-refractivity contribution >= 4 is 0 Å². The first-order valence-electron chi connectivity index (χ1n) is 6.63. The number of rotatable bonds is 8. The molecule has 1 aromatic carbocycles. The largest absolute Gasteiger partial charge is 0.494 e. The van der Waals surface area contributed by atoms with Crippen molar-refractivity contribution < 1.29 is 9.84 Å². The van der Waals surface area contributed by atoms with Crippen LogP contribution in [0.4, 0.5) is 0 Å². The highest BCUT2D eigenvalue weighted by Crippen LogP contribution is 2.14. The molecule has 0 atom stereocenters. The Kier molecular flexibility index (Phi) is 6.76. The molecule has 3 heteroatoms. The van der Waals surface area contributed by atoms with E-state index < -0.39 is 0 Å². The van der Waals surface area contributed by atoms with Gasteiger partial charge in [0, 0.05) is 13.1 Å². The molecule has 0 aromatic heterocycles. The predicted octanol–water partition coefficient (Wildman–Crippen LogP) is 2.54. The first kappa shape index (κ1) is 15.0. The van der Waals surface area contributed by atoms with Crippen LogP contribution in [0.1, 0.15) is 25.8 Å². The van der Waals surface area contributed by atoms with Crippen LogP contribution in [0.5, 0.6) is 5.75 Å². The van der Waals surface area contributed by atoms with Crippen LogP contribution in [0, 0.1) is 5.92 Å². The molecule has 18 heavy (non-hydrogen) atoms. The minimum Gasteiger partial charge on any atom is -0.494 e. The zero-order valence-electron chi connectivity index (χ0n) is 11.7. The normalized spacial score (nSPS) is 11.2. The second kappa shape index (κ2) is 8.11. The standard InChI is InChI=1S/C15H25NO2/c1-13(2)8-11-18-15-6-4-14(5-7-15)12-16(3)9-10-17/h4-7,13,17H,8-12H2,1-3H3. The van der Waals surface area contributed by atoms with Gasteiger partial charge in [0.15, 0.2) is 0 Å². The molecule has 0 amide bonds. The molecule has 0 aliphatic rings. The second-order valence-electron chi connectivity index (χ2n) is 5.14. The van der Waals surface area contributed by atoms with Crippen LogP contribution in [0.25, 0.3) is 0 Å². The topological polar surface area (TPSA) is 32.7 Å². The van der Waals surface area contributed by atoms with Gasteiger partial charge in [-0.05, 0) is 37.1 Å². The van der Waals surface area contributed by atoms with E-state index in [2.05, 4.69) is 30.9 Å². The van der Waals surface area contributed by atoms with E-state index in [1.165, 1.54) is 5.56 Å². The van der Waals surface area contributed by atoms with E-state index in [1.54, 1.807) is 0 Å². The smallest absolute Gasteiger partial charge is 0.119 e. The molecule has 0 radical (unpaired) electrons. The lowest BCUT2D eigenvalue weighted by molar-refractivity contribution is 0.217. The van der Waals surface area contributed by atoms with Gasteiger partial charge in [-0.1, -0.05) is 26.0 Å². The Hall–Kier alpha value is -1.06. The highest BCUT2D eigenvalue weighted by molar-refractivity contribution is 5.27. The number of nitrogens with zero attached hydrogens (tertiary/aromatic N) is 1. The van der Waals surface area contributed by atoms with Crippen molar-refractivity contribution in [2.75, 3.05) is 26.8 Å². The molecule has 0 aliphatic carbocycles. The van der Waals surface area contributed by atoms with Gasteiger partial charge in [-0.3, -0.25) is 4.90 Å². The highest BCUT2D eigenvalue weighted by Gasteiger charge is 2.01. The van der Waals surface area contributed by atoms with Crippen LogP contribution in [-0.2, 0) is 6.54 Å². The Labute approximate surface area is 110 Å². The van der Waals surface area contributed by atoms with Gasteiger partial charge in [0.05, 0.1) is 13.2 Å². The summed E-state index contributed by atoms with van der Waals surface area (Å²) in [6, 6.07) is 8.20. The molecular weight excluding hydrogens is 226 g/mol. The lowest BCUT2D eigenvalue weighted by Gasteiger charge is -2.15. The molecular formula is C15H25NO2. The molecule has 102 valence electrons. The molecule has 3 nitrogen and oxygen atoms in total. The number of benzene rings is 1. The molecule has 1 aromatic rings. The first-order chi connectivity index (χ1) is 8.61. The van der Waals surface area contributed by atoms with Crippen LogP contribution in [0.15, 0.2) is 24.3 Å². The van der Waals surface area contributed by atoms with Crippen molar-refractivity contribution in [2.45, 2.75) is 26.8 Å². The van der Waals surface area contributed by atoms with E-state index in [-0.39, 0.29) is 6.61 Å². The molecule has 0 fully saturated rings. The molecule has 0 bridgehead atoms. The van der Waals surface area contributed by atoms with Crippen molar-refractivity contribution in [1.29, 1.82) is 0 Å². The molecule has 0 spiro atoms. The minimum atomic E-state index is 0.201. The molecule has 0 aliphatic heterocycles. The van der Waals surface area contributed by atoms with Crippen molar-refractivity contribution in [3.8, 4) is 5.75 Å². The maximum absolute atomic E-state index is 8.84. The number of aliphatic hydroxyl groups is 1. The maximum Gasteiger partial charge on any atom is 0.119 e. The Morgan fingerprint density at radius 1 is 1.22 bits per heavy atom. The van der Waals surface area contributed by atoms with Crippen molar-refractivity contribution in [3.63, 3.8) is 0 Å². The maximum atomic E-state index is 8.84. The van der Waals surface area contributed by atoms with E-state index in [0.717, 1.165) is 25.3 Å². The summed E-state index contributed by atoms with van der Waals surface area (Å²) < 4.78 is 5.67. The fourth-order valence-corrected chi connectivity index (χ4v) is 1.67. The van der Waals surface area contributed by atoms with Crippen LogP contribution in [0.3, 0.4) is 0 Å². The Morgan fingerprint density at radius 3 is 2.44 bits per heavy atom. The monoisotopic (exact) mass is 251 g/mol. The van der Waals surface area contributed by atoms with Gasteiger partial charge < -0.3 is 9.84 Å². The summed E-state index contributed by atoms with van der Waals surface area (Å²) in [5.74, 6) is 1.61.